The molecule has 0 fully saturated rings. The van der Waals surface area contributed by atoms with E-state index >= 15 is 0 Å². The van der Waals surface area contributed by atoms with Crippen LogP contribution in [0, 0.1) is 6.92 Å². The number of halogens is 3. The van der Waals surface area contributed by atoms with E-state index in [2.05, 4.69) is 15.4 Å². The predicted octanol–water partition coefficient (Wildman–Crippen LogP) is 2.68. The first kappa shape index (κ1) is 18.4. The van der Waals surface area contributed by atoms with Gasteiger partial charge in [0.15, 0.2) is 5.54 Å². The van der Waals surface area contributed by atoms with E-state index in [0.717, 1.165) is 16.8 Å². The number of hydrogen-bond donors (Lipinski definition) is 2. The fourth-order valence-electron chi connectivity index (χ4n) is 1.95. The van der Waals surface area contributed by atoms with E-state index in [0.29, 0.717) is 0 Å². The Kier molecular flexibility index (Phi) is 4.56. The van der Waals surface area contributed by atoms with Crippen molar-refractivity contribution in [3.8, 4) is 0 Å². The van der Waals surface area contributed by atoms with Crippen molar-refractivity contribution in [2.24, 2.45) is 0 Å². The van der Waals surface area contributed by atoms with Crippen LogP contribution in [0.1, 0.15) is 35.6 Å². The summed E-state index contributed by atoms with van der Waals surface area (Å²) in [5.74, 6) is -1.79. The molecule has 10 heteroatoms. The Morgan fingerprint density at radius 3 is 2.40 bits per heavy atom. The highest BCUT2D eigenvalue weighted by Crippen LogP contribution is 2.28. The molecule has 0 bridgehead atoms. The zero-order valence-corrected chi connectivity index (χ0v) is 13.5. The summed E-state index contributed by atoms with van der Waals surface area (Å²) >= 11 is 0. The number of carboxylic acids is 1. The van der Waals surface area contributed by atoms with Crippen molar-refractivity contribution in [2.45, 2.75) is 32.5 Å². The molecule has 0 aliphatic rings. The second-order valence-corrected chi connectivity index (χ2v) is 5.82. The minimum absolute atomic E-state index is 0.0294. The molecule has 2 N–H and O–H groups in total. The van der Waals surface area contributed by atoms with Gasteiger partial charge in [-0.15, -0.1) is 0 Å². The van der Waals surface area contributed by atoms with Crippen LogP contribution in [0.4, 0.5) is 18.9 Å². The topological polar surface area (TPSA) is 97.1 Å². The van der Waals surface area contributed by atoms with Gasteiger partial charge in [-0.1, -0.05) is 0 Å². The SMILES string of the molecule is Cc1nc(C(F)(F)F)ccc1C(=O)Nc1cnn(C(C)(C)C(=O)O)c1. The number of carbonyl (C=O) groups excluding carboxylic acids is 1. The van der Waals surface area contributed by atoms with E-state index in [9.17, 15) is 22.8 Å². The third-order valence-electron chi connectivity index (χ3n) is 3.56. The Balaban J connectivity index is 2.21. The number of aromatic nitrogens is 3. The number of nitrogens with zero attached hydrogens (tertiary/aromatic N) is 3. The lowest BCUT2D eigenvalue weighted by molar-refractivity contribution is -0.146. The number of anilines is 1. The maximum Gasteiger partial charge on any atom is 0.433 e. The number of hydrogen-bond acceptors (Lipinski definition) is 4. The summed E-state index contributed by atoms with van der Waals surface area (Å²) in [6.45, 7) is 4.15. The van der Waals surface area contributed by atoms with Crippen molar-refractivity contribution in [3.05, 3.63) is 41.5 Å². The lowest BCUT2D eigenvalue weighted by Gasteiger charge is -2.19. The fraction of sp³-hybridized carbons (Fsp3) is 0.333. The molecule has 2 rings (SSSR count). The molecule has 2 heterocycles. The Labute approximate surface area is 140 Å². The lowest BCUT2D eigenvalue weighted by Crippen LogP contribution is -2.35. The molecule has 0 aliphatic carbocycles. The Hall–Kier alpha value is -2.91. The number of carboxylic acid groups (broad SMARTS) is 1. The van der Waals surface area contributed by atoms with Crippen LogP contribution in [-0.2, 0) is 16.5 Å². The molecule has 0 spiro atoms. The van der Waals surface area contributed by atoms with Crippen LogP contribution in [0.25, 0.3) is 0 Å². The summed E-state index contributed by atoms with van der Waals surface area (Å²) in [7, 11) is 0. The van der Waals surface area contributed by atoms with Gasteiger partial charge in [0.25, 0.3) is 5.91 Å². The molecule has 0 aliphatic heterocycles. The molecular weight excluding hydrogens is 341 g/mol. The molecule has 1 amide bonds. The van der Waals surface area contributed by atoms with Gasteiger partial charge in [-0.25, -0.2) is 9.78 Å². The fourth-order valence-corrected chi connectivity index (χ4v) is 1.95. The summed E-state index contributed by atoms with van der Waals surface area (Å²) in [5.41, 5.74) is -2.31. The van der Waals surface area contributed by atoms with Crippen molar-refractivity contribution in [1.29, 1.82) is 0 Å². The first-order valence-electron chi connectivity index (χ1n) is 7.07. The van der Waals surface area contributed by atoms with Crippen LogP contribution < -0.4 is 5.32 Å². The molecule has 2 aromatic heterocycles. The number of aryl methyl sites for hydroxylation is 1. The molecule has 0 unspecified atom stereocenters. The summed E-state index contributed by atoms with van der Waals surface area (Å²) in [5, 5.41) is 15.5. The zero-order chi connectivity index (χ0) is 19.0. The van der Waals surface area contributed by atoms with E-state index in [1.807, 2.05) is 0 Å². The summed E-state index contributed by atoms with van der Waals surface area (Å²) in [6, 6.07) is 1.75. The van der Waals surface area contributed by atoms with Crippen LogP contribution in [0.3, 0.4) is 0 Å². The van der Waals surface area contributed by atoms with Gasteiger partial charge in [-0.3, -0.25) is 9.48 Å². The second-order valence-electron chi connectivity index (χ2n) is 5.82. The smallest absolute Gasteiger partial charge is 0.433 e. The largest absolute Gasteiger partial charge is 0.479 e. The summed E-state index contributed by atoms with van der Waals surface area (Å²) in [4.78, 5) is 26.8. The van der Waals surface area contributed by atoms with Crippen molar-refractivity contribution >= 4 is 17.6 Å². The number of nitrogens with one attached hydrogen (secondary N) is 1. The van der Waals surface area contributed by atoms with Gasteiger partial charge in [0, 0.05) is 6.20 Å². The van der Waals surface area contributed by atoms with Crippen LogP contribution in [0.5, 0.6) is 0 Å². The Morgan fingerprint density at radius 1 is 1.24 bits per heavy atom. The monoisotopic (exact) mass is 356 g/mol. The van der Waals surface area contributed by atoms with Gasteiger partial charge < -0.3 is 10.4 Å². The molecule has 25 heavy (non-hydrogen) atoms. The Morgan fingerprint density at radius 2 is 1.88 bits per heavy atom. The average Bonchev–Trinajstić information content (AvgIpc) is 2.95. The molecule has 2 aromatic rings. The number of aliphatic carboxylic acids is 1. The Bertz CT molecular complexity index is 828. The molecule has 134 valence electrons. The molecule has 0 radical (unpaired) electrons. The number of rotatable bonds is 4. The van der Waals surface area contributed by atoms with E-state index in [1.165, 1.54) is 33.2 Å². The van der Waals surface area contributed by atoms with Crippen molar-refractivity contribution in [3.63, 3.8) is 0 Å². The van der Waals surface area contributed by atoms with Gasteiger partial charge in [0.2, 0.25) is 0 Å². The highest BCUT2D eigenvalue weighted by molar-refractivity contribution is 6.04. The number of pyridine rings is 1. The van der Waals surface area contributed by atoms with E-state index in [-0.39, 0.29) is 16.9 Å². The molecule has 7 nitrogen and oxygen atoms in total. The third-order valence-corrected chi connectivity index (χ3v) is 3.56. The highest BCUT2D eigenvalue weighted by Gasteiger charge is 2.33. The zero-order valence-electron chi connectivity index (χ0n) is 13.5. The van der Waals surface area contributed by atoms with Gasteiger partial charge >= 0.3 is 12.1 Å². The minimum Gasteiger partial charge on any atom is -0.479 e. The number of alkyl halides is 3. The van der Waals surface area contributed by atoms with Crippen LogP contribution in [-0.4, -0.2) is 31.7 Å². The maximum atomic E-state index is 12.6. The molecule has 0 saturated heterocycles. The van der Waals surface area contributed by atoms with Gasteiger partial charge in [-0.05, 0) is 32.9 Å². The molecular formula is C15H15F3N4O3. The average molecular weight is 356 g/mol. The third kappa shape index (κ3) is 3.78. The van der Waals surface area contributed by atoms with Crippen molar-refractivity contribution < 1.29 is 27.9 Å². The van der Waals surface area contributed by atoms with E-state index in [1.54, 1.807) is 0 Å². The number of carbonyl (C=O) groups is 2. The molecule has 0 aromatic carbocycles. The standard InChI is InChI=1S/C15H15F3N4O3/c1-8-10(4-5-11(20-8)15(16,17)18)12(23)21-9-6-19-22(7-9)14(2,3)13(24)25/h4-7H,1-3H3,(H,21,23)(H,24,25). The number of amides is 1. The minimum atomic E-state index is -4.59. The predicted molar refractivity (Wildman–Crippen MR) is 81.1 cm³/mol. The summed E-state index contributed by atoms with van der Waals surface area (Å²) < 4.78 is 39.0. The van der Waals surface area contributed by atoms with E-state index < -0.39 is 29.3 Å². The van der Waals surface area contributed by atoms with Crippen molar-refractivity contribution in [1.82, 2.24) is 14.8 Å². The van der Waals surface area contributed by atoms with Crippen LogP contribution >= 0.6 is 0 Å². The van der Waals surface area contributed by atoms with Crippen LogP contribution in [0.15, 0.2) is 24.5 Å². The van der Waals surface area contributed by atoms with Gasteiger partial charge in [0.05, 0.1) is 23.1 Å². The van der Waals surface area contributed by atoms with Crippen molar-refractivity contribution in [2.75, 3.05) is 5.32 Å². The first-order valence-corrected chi connectivity index (χ1v) is 7.07. The van der Waals surface area contributed by atoms with Gasteiger partial charge in [0.1, 0.15) is 5.69 Å². The second kappa shape index (κ2) is 6.19. The first-order chi connectivity index (χ1) is 11.4. The molecule has 0 saturated carbocycles. The quantitative estimate of drug-likeness (QED) is 0.878. The van der Waals surface area contributed by atoms with Crippen LogP contribution in [0.2, 0.25) is 0 Å². The highest BCUT2D eigenvalue weighted by atomic mass is 19.4. The maximum absolute atomic E-state index is 12.6. The lowest BCUT2D eigenvalue weighted by atomic mass is 10.1. The molecule has 0 atom stereocenters. The normalized spacial score (nSPS) is 12.1. The van der Waals surface area contributed by atoms with Gasteiger partial charge in [-0.2, -0.15) is 18.3 Å². The summed E-state index contributed by atoms with van der Waals surface area (Å²) in [6.07, 6.45) is -2.03. The van der Waals surface area contributed by atoms with E-state index in [4.69, 9.17) is 5.11 Å².